The summed E-state index contributed by atoms with van der Waals surface area (Å²) in [6.45, 7) is 13.9. The van der Waals surface area contributed by atoms with Gasteiger partial charge in [0.15, 0.2) is 0 Å². The van der Waals surface area contributed by atoms with Crippen LogP contribution in [0.2, 0.25) is 0 Å². The lowest BCUT2D eigenvalue weighted by Crippen LogP contribution is -2.68. The minimum absolute atomic E-state index is 0.128. The molecule has 11 nitrogen and oxygen atoms in total. The summed E-state index contributed by atoms with van der Waals surface area (Å²) in [5.41, 5.74) is -2.73. The molecule has 11 heteroatoms. The SMILES string of the molecule is CCCC(C(=O)OC(C)C)(N(NC(=O)OC(C)(C)C)C(=O)OC(C)(C)C)[N+](=O)[O-]. The van der Waals surface area contributed by atoms with Gasteiger partial charge in [0, 0.05) is 0 Å². The van der Waals surface area contributed by atoms with E-state index in [4.69, 9.17) is 14.2 Å². The van der Waals surface area contributed by atoms with Crippen molar-refractivity contribution < 1.29 is 33.5 Å². The molecule has 0 aliphatic rings. The number of nitrogens with zero attached hydrogens (tertiary/aromatic N) is 2. The Morgan fingerprint density at radius 2 is 1.52 bits per heavy atom. The van der Waals surface area contributed by atoms with Gasteiger partial charge in [-0.2, -0.15) is 0 Å². The molecular weight excluding hydrogens is 386 g/mol. The van der Waals surface area contributed by atoms with E-state index in [9.17, 15) is 24.5 Å². The second-order valence-corrected chi connectivity index (χ2v) is 8.71. The Balaban J connectivity index is 6.38. The zero-order valence-electron chi connectivity index (χ0n) is 18.7. The van der Waals surface area contributed by atoms with E-state index in [0.29, 0.717) is 0 Å². The monoisotopic (exact) mass is 419 g/mol. The van der Waals surface area contributed by atoms with Crippen LogP contribution in [0.1, 0.15) is 75.2 Å². The molecule has 0 aromatic rings. The van der Waals surface area contributed by atoms with Crippen molar-refractivity contribution >= 4 is 18.2 Å². The normalized spacial score (nSPS) is 13.9. The van der Waals surface area contributed by atoms with E-state index in [1.807, 2.05) is 5.43 Å². The molecule has 0 saturated heterocycles. The summed E-state index contributed by atoms with van der Waals surface area (Å²) >= 11 is 0. The number of amides is 2. The van der Waals surface area contributed by atoms with Crippen molar-refractivity contribution in [2.24, 2.45) is 0 Å². The number of ether oxygens (including phenoxy) is 3. The van der Waals surface area contributed by atoms with Crippen molar-refractivity contribution in [1.29, 1.82) is 0 Å². The fourth-order valence-corrected chi connectivity index (χ4v) is 2.20. The molecule has 29 heavy (non-hydrogen) atoms. The number of nitro groups is 1. The first-order valence-electron chi connectivity index (χ1n) is 9.34. The molecule has 2 amide bonds. The summed E-state index contributed by atoms with van der Waals surface area (Å²) in [6, 6.07) is 0. The molecule has 0 fully saturated rings. The van der Waals surface area contributed by atoms with Crippen LogP contribution in [0.3, 0.4) is 0 Å². The van der Waals surface area contributed by atoms with Crippen LogP contribution in [0.25, 0.3) is 0 Å². The lowest BCUT2D eigenvalue weighted by Gasteiger charge is -2.35. The number of nitrogens with one attached hydrogen (secondary N) is 1. The van der Waals surface area contributed by atoms with Gasteiger partial charge in [0.05, 0.1) is 17.4 Å². The average Bonchev–Trinajstić information content (AvgIpc) is 2.45. The van der Waals surface area contributed by atoms with Gasteiger partial charge < -0.3 is 14.2 Å². The summed E-state index contributed by atoms with van der Waals surface area (Å²) in [7, 11) is 0. The zero-order chi connectivity index (χ0) is 23.2. The first-order chi connectivity index (χ1) is 13.0. The highest BCUT2D eigenvalue weighted by Gasteiger charge is 2.62. The van der Waals surface area contributed by atoms with Crippen LogP contribution in [0, 0.1) is 10.1 Å². The number of hydrogen-bond donors (Lipinski definition) is 1. The molecule has 0 rings (SSSR count). The topological polar surface area (TPSA) is 137 Å². The highest BCUT2D eigenvalue weighted by atomic mass is 16.7. The van der Waals surface area contributed by atoms with E-state index in [2.05, 4.69) is 0 Å². The molecule has 0 bridgehead atoms. The van der Waals surface area contributed by atoms with Gasteiger partial charge in [0.25, 0.3) is 0 Å². The molecule has 0 spiro atoms. The average molecular weight is 419 g/mol. The summed E-state index contributed by atoms with van der Waals surface area (Å²) in [5.74, 6) is -1.30. The predicted molar refractivity (Wildman–Crippen MR) is 103 cm³/mol. The van der Waals surface area contributed by atoms with Gasteiger partial charge in [-0.25, -0.2) is 19.8 Å². The van der Waals surface area contributed by atoms with E-state index >= 15 is 0 Å². The Kier molecular flexibility index (Phi) is 8.88. The fourth-order valence-electron chi connectivity index (χ4n) is 2.20. The molecular formula is C18H33N3O8. The molecule has 0 heterocycles. The number of carbonyl (C=O) groups excluding carboxylic acids is 3. The first-order valence-corrected chi connectivity index (χ1v) is 9.34. The third kappa shape index (κ3) is 8.12. The van der Waals surface area contributed by atoms with Gasteiger partial charge in [0.2, 0.25) is 0 Å². The van der Waals surface area contributed by atoms with Crippen LogP contribution in [0.4, 0.5) is 9.59 Å². The second kappa shape index (κ2) is 9.75. The maximum absolute atomic E-state index is 12.8. The fraction of sp³-hybridized carbons (Fsp3) is 0.833. The largest absolute Gasteiger partial charge is 0.456 e. The lowest BCUT2D eigenvalue weighted by atomic mass is 10.0. The molecule has 0 aromatic carbocycles. The van der Waals surface area contributed by atoms with Crippen LogP contribution >= 0.6 is 0 Å². The lowest BCUT2D eigenvalue weighted by molar-refractivity contribution is -0.585. The number of esters is 1. The van der Waals surface area contributed by atoms with E-state index in [1.165, 1.54) is 34.6 Å². The third-order valence-corrected chi connectivity index (χ3v) is 3.12. The minimum atomic E-state index is -2.74. The molecule has 0 saturated carbocycles. The molecule has 168 valence electrons. The molecule has 1 atom stereocenters. The molecule has 0 aliphatic heterocycles. The van der Waals surface area contributed by atoms with Crippen molar-refractivity contribution in [1.82, 2.24) is 10.4 Å². The number of hydrogen-bond acceptors (Lipinski definition) is 8. The summed E-state index contributed by atoms with van der Waals surface area (Å²) in [5, 5.41) is 12.3. The molecule has 0 aromatic heterocycles. The maximum Gasteiger partial charge on any atom is 0.435 e. The van der Waals surface area contributed by atoms with Crippen LogP contribution in [0.5, 0.6) is 0 Å². The van der Waals surface area contributed by atoms with Crippen molar-refractivity contribution in [2.45, 2.75) is 98.1 Å². The van der Waals surface area contributed by atoms with Crippen LogP contribution in [0.15, 0.2) is 0 Å². The molecule has 1 unspecified atom stereocenters. The zero-order valence-corrected chi connectivity index (χ0v) is 18.7. The maximum atomic E-state index is 12.8. The van der Waals surface area contributed by atoms with Gasteiger partial charge >= 0.3 is 23.8 Å². The second-order valence-electron chi connectivity index (χ2n) is 8.71. The molecule has 1 N–H and O–H groups in total. The highest BCUT2D eigenvalue weighted by Crippen LogP contribution is 2.27. The van der Waals surface area contributed by atoms with Gasteiger partial charge in [-0.3, -0.25) is 10.1 Å². The first kappa shape index (κ1) is 26.4. The van der Waals surface area contributed by atoms with E-state index in [0.717, 1.165) is 0 Å². The van der Waals surface area contributed by atoms with E-state index in [1.54, 1.807) is 27.7 Å². The minimum Gasteiger partial charge on any atom is -0.456 e. The highest BCUT2D eigenvalue weighted by molar-refractivity contribution is 5.85. The smallest absolute Gasteiger partial charge is 0.435 e. The van der Waals surface area contributed by atoms with Crippen LogP contribution < -0.4 is 5.43 Å². The third-order valence-electron chi connectivity index (χ3n) is 3.12. The van der Waals surface area contributed by atoms with Gasteiger partial charge in [-0.1, -0.05) is 6.92 Å². The van der Waals surface area contributed by atoms with Crippen molar-refractivity contribution in [2.75, 3.05) is 0 Å². The Labute approximate surface area is 171 Å². The van der Waals surface area contributed by atoms with Crippen molar-refractivity contribution in [3.05, 3.63) is 10.1 Å². The number of rotatable bonds is 6. The molecule has 0 aliphatic carbocycles. The summed E-state index contributed by atoms with van der Waals surface area (Å²) in [4.78, 5) is 49.0. The summed E-state index contributed by atoms with van der Waals surface area (Å²) in [6.07, 6.45) is -3.46. The Bertz CT molecular complexity index is 622. The standard InChI is InChI=1S/C18H33N3O8/c1-10-11-18(21(25)26,13(22)27-12(2)3)20(15(24)29-17(7,8)9)19-14(23)28-16(4,5)6/h12H,10-11H2,1-9H3,(H,19,23). The van der Waals surface area contributed by atoms with Gasteiger partial charge in [-0.05, 0) is 61.8 Å². The number of hydrazine groups is 1. The Morgan fingerprint density at radius 1 is 1.03 bits per heavy atom. The van der Waals surface area contributed by atoms with E-state index in [-0.39, 0.29) is 11.4 Å². The predicted octanol–water partition coefficient (Wildman–Crippen LogP) is 3.39. The Hall–Kier alpha value is -2.59. The van der Waals surface area contributed by atoms with Crippen LogP contribution in [-0.2, 0) is 19.0 Å². The van der Waals surface area contributed by atoms with Crippen molar-refractivity contribution in [3.63, 3.8) is 0 Å². The molecule has 0 radical (unpaired) electrons. The van der Waals surface area contributed by atoms with Gasteiger partial charge in [-0.15, -0.1) is 5.01 Å². The summed E-state index contributed by atoms with van der Waals surface area (Å²) < 4.78 is 15.3. The quantitative estimate of drug-likeness (QED) is 0.227. The van der Waals surface area contributed by atoms with E-state index < -0.39 is 52.5 Å². The van der Waals surface area contributed by atoms with Gasteiger partial charge in [0.1, 0.15) is 11.2 Å². The Morgan fingerprint density at radius 3 is 1.86 bits per heavy atom. The van der Waals surface area contributed by atoms with Crippen LogP contribution in [-0.4, -0.2) is 51.1 Å². The van der Waals surface area contributed by atoms with Crippen molar-refractivity contribution in [3.8, 4) is 0 Å². The number of carbonyl (C=O) groups is 3.